The predicted molar refractivity (Wildman–Crippen MR) is 108 cm³/mol. The molecule has 2 aromatic rings. The Morgan fingerprint density at radius 1 is 0.862 bits per heavy atom. The quantitative estimate of drug-likeness (QED) is 0.224. The molecule has 6 heteroatoms. The van der Waals surface area contributed by atoms with Crippen LogP contribution in [0.2, 0.25) is 0 Å². The van der Waals surface area contributed by atoms with Crippen molar-refractivity contribution < 1.29 is 24.3 Å². The second kappa shape index (κ2) is 10.8. The van der Waals surface area contributed by atoms with E-state index in [2.05, 4.69) is 0 Å². The third-order valence-electron chi connectivity index (χ3n) is 5.11. The van der Waals surface area contributed by atoms with Crippen molar-refractivity contribution in [3.63, 3.8) is 0 Å². The van der Waals surface area contributed by atoms with Gasteiger partial charge in [0, 0.05) is 18.4 Å². The molecule has 3 N–H and O–H groups in total. The Morgan fingerprint density at radius 3 is 1.90 bits per heavy atom. The van der Waals surface area contributed by atoms with Crippen LogP contribution in [0.1, 0.15) is 73.4 Å². The highest BCUT2D eigenvalue weighted by atomic mass is 19.1. The summed E-state index contributed by atoms with van der Waals surface area (Å²) in [6.45, 7) is 1.64. The van der Waals surface area contributed by atoms with E-state index in [1.807, 2.05) is 0 Å². The molecule has 0 saturated heterocycles. The number of halogens is 1. The van der Waals surface area contributed by atoms with Crippen LogP contribution in [0.15, 0.2) is 48.5 Å². The first-order valence-electron chi connectivity index (χ1n) is 9.89. The van der Waals surface area contributed by atoms with Crippen molar-refractivity contribution in [3.05, 3.63) is 71.0 Å². The van der Waals surface area contributed by atoms with Crippen molar-refractivity contribution in [1.29, 1.82) is 0 Å². The summed E-state index contributed by atoms with van der Waals surface area (Å²) in [6, 6.07) is 12.6. The molecule has 1 amide bonds. The normalized spacial score (nSPS) is 13.0. The zero-order valence-corrected chi connectivity index (χ0v) is 16.7. The molecule has 0 bridgehead atoms. The minimum Gasteiger partial charge on any atom is -0.381 e. The van der Waals surface area contributed by atoms with Gasteiger partial charge in [-0.3, -0.25) is 14.8 Å². The van der Waals surface area contributed by atoms with Gasteiger partial charge in [-0.2, -0.15) is 0 Å². The molecule has 2 rings (SSSR count). The van der Waals surface area contributed by atoms with E-state index in [-0.39, 0.29) is 17.5 Å². The molecule has 0 unspecified atom stereocenters. The SMILES string of the molecule is C[C@](O)(c1ccc(F)cc1)c1ccc(C(=O)CCCCCCCC(=O)NO)cc1. The molecule has 0 saturated carbocycles. The van der Waals surface area contributed by atoms with Crippen molar-refractivity contribution in [2.45, 2.75) is 57.5 Å². The average Bonchev–Trinajstić information content (AvgIpc) is 2.73. The maximum atomic E-state index is 13.1. The molecule has 29 heavy (non-hydrogen) atoms. The highest BCUT2D eigenvalue weighted by Crippen LogP contribution is 2.29. The standard InChI is InChI=1S/C23H28FNO4/c1-23(28,19-13-15-20(24)16-14-19)18-11-9-17(10-12-18)21(26)7-5-3-2-4-6-8-22(27)25-29/h9-16,28-29H,2-8H2,1H3,(H,25,27)/t23-/m1/s1. The first-order valence-corrected chi connectivity index (χ1v) is 9.89. The van der Waals surface area contributed by atoms with Crippen LogP contribution in [0.25, 0.3) is 0 Å². The molecule has 0 aliphatic carbocycles. The number of carbonyl (C=O) groups excluding carboxylic acids is 2. The van der Waals surface area contributed by atoms with E-state index in [0.29, 0.717) is 29.5 Å². The maximum Gasteiger partial charge on any atom is 0.243 e. The molecule has 0 aromatic heterocycles. The maximum absolute atomic E-state index is 13.1. The summed E-state index contributed by atoms with van der Waals surface area (Å²) in [4.78, 5) is 23.2. The van der Waals surface area contributed by atoms with Crippen LogP contribution in [0.3, 0.4) is 0 Å². The fourth-order valence-corrected chi connectivity index (χ4v) is 3.22. The number of amides is 1. The molecule has 0 heterocycles. The van der Waals surface area contributed by atoms with Crippen molar-refractivity contribution in [2.75, 3.05) is 0 Å². The second-order valence-electron chi connectivity index (χ2n) is 7.38. The number of Topliss-reactive ketones (excluding diaryl/α,β-unsaturated/α-hetero) is 1. The molecule has 1 atom stereocenters. The Balaban J connectivity index is 1.81. The van der Waals surface area contributed by atoms with Gasteiger partial charge in [-0.15, -0.1) is 0 Å². The van der Waals surface area contributed by atoms with Crippen molar-refractivity contribution in [3.8, 4) is 0 Å². The zero-order valence-electron chi connectivity index (χ0n) is 16.7. The Kier molecular flexibility index (Phi) is 8.49. The summed E-state index contributed by atoms with van der Waals surface area (Å²) < 4.78 is 13.1. The zero-order chi connectivity index (χ0) is 21.3. The number of aliphatic hydroxyl groups is 1. The van der Waals surface area contributed by atoms with Gasteiger partial charge in [0.2, 0.25) is 5.91 Å². The molecule has 156 valence electrons. The summed E-state index contributed by atoms with van der Waals surface area (Å²) >= 11 is 0. The van der Waals surface area contributed by atoms with Crippen molar-refractivity contribution >= 4 is 11.7 Å². The van der Waals surface area contributed by atoms with Crippen LogP contribution in [0.4, 0.5) is 4.39 Å². The lowest BCUT2D eigenvalue weighted by Gasteiger charge is -2.24. The van der Waals surface area contributed by atoms with Gasteiger partial charge < -0.3 is 5.11 Å². The van der Waals surface area contributed by atoms with Gasteiger partial charge >= 0.3 is 0 Å². The minimum atomic E-state index is -1.28. The summed E-state index contributed by atoms with van der Waals surface area (Å²) in [5.41, 5.74) is 2.15. The highest BCUT2D eigenvalue weighted by molar-refractivity contribution is 5.96. The molecule has 5 nitrogen and oxygen atoms in total. The van der Waals surface area contributed by atoms with Crippen LogP contribution in [0.5, 0.6) is 0 Å². The number of nitrogens with one attached hydrogen (secondary N) is 1. The number of rotatable bonds is 11. The second-order valence-corrected chi connectivity index (χ2v) is 7.38. The number of unbranched alkanes of at least 4 members (excludes halogenated alkanes) is 4. The lowest BCUT2D eigenvalue weighted by Crippen LogP contribution is -2.22. The fourth-order valence-electron chi connectivity index (χ4n) is 3.22. The number of hydrogen-bond donors (Lipinski definition) is 3. The Hall–Kier alpha value is -2.57. The van der Waals surface area contributed by atoms with Crippen molar-refractivity contribution in [2.24, 2.45) is 0 Å². The number of benzene rings is 2. The molecule has 0 fully saturated rings. The monoisotopic (exact) mass is 401 g/mol. The van der Waals surface area contributed by atoms with Gasteiger partial charge in [-0.05, 0) is 43.0 Å². The number of hydrogen-bond acceptors (Lipinski definition) is 4. The van der Waals surface area contributed by atoms with Gasteiger partial charge in [0.15, 0.2) is 5.78 Å². The smallest absolute Gasteiger partial charge is 0.243 e. The van der Waals surface area contributed by atoms with E-state index in [1.54, 1.807) is 48.8 Å². The lowest BCUT2D eigenvalue weighted by molar-refractivity contribution is -0.129. The van der Waals surface area contributed by atoms with Crippen LogP contribution in [-0.2, 0) is 10.4 Å². The third kappa shape index (κ3) is 6.76. The van der Waals surface area contributed by atoms with Gasteiger partial charge in [0.05, 0.1) is 0 Å². The summed E-state index contributed by atoms with van der Waals surface area (Å²) in [5.74, 6) is -0.680. The average molecular weight is 401 g/mol. The summed E-state index contributed by atoms with van der Waals surface area (Å²) in [7, 11) is 0. The molecule has 2 aromatic carbocycles. The first kappa shape index (κ1) is 22.7. The largest absolute Gasteiger partial charge is 0.381 e. The summed E-state index contributed by atoms with van der Waals surface area (Å²) in [6.07, 6.45) is 4.98. The topological polar surface area (TPSA) is 86.6 Å². The van der Waals surface area contributed by atoms with E-state index < -0.39 is 5.60 Å². The van der Waals surface area contributed by atoms with Gasteiger partial charge in [-0.1, -0.05) is 55.7 Å². The Morgan fingerprint density at radius 2 is 1.34 bits per heavy atom. The Bertz CT molecular complexity index is 801. The molecule has 0 aliphatic rings. The molecule has 0 radical (unpaired) electrons. The number of carbonyl (C=O) groups is 2. The van der Waals surface area contributed by atoms with Crippen LogP contribution >= 0.6 is 0 Å². The third-order valence-corrected chi connectivity index (χ3v) is 5.11. The van der Waals surface area contributed by atoms with Gasteiger partial charge in [0.1, 0.15) is 11.4 Å². The molecule has 0 aliphatic heterocycles. The molecular weight excluding hydrogens is 373 g/mol. The van der Waals surface area contributed by atoms with Crippen LogP contribution in [0, 0.1) is 5.82 Å². The van der Waals surface area contributed by atoms with E-state index >= 15 is 0 Å². The van der Waals surface area contributed by atoms with E-state index in [1.165, 1.54) is 12.1 Å². The highest BCUT2D eigenvalue weighted by Gasteiger charge is 2.25. The molecular formula is C23H28FNO4. The van der Waals surface area contributed by atoms with E-state index in [4.69, 9.17) is 5.21 Å². The van der Waals surface area contributed by atoms with E-state index in [9.17, 15) is 19.1 Å². The van der Waals surface area contributed by atoms with Crippen LogP contribution in [-0.4, -0.2) is 22.0 Å². The fraction of sp³-hybridized carbons (Fsp3) is 0.391. The Labute approximate surface area is 170 Å². The minimum absolute atomic E-state index is 0.0534. The lowest BCUT2D eigenvalue weighted by atomic mass is 9.87. The summed E-state index contributed by atoms with van der Waals surface area (Å²) in [5, 5.41) is 19.2. The van der Waals surface area contributed by atoms with Gasteiger partial charge in [-0.25, -0.2) is 9.87 Å². The van der Waals surface area contributed by atoms with Gasteiger partial charge in [0.25, 0.3) is 0 Å². The predicted octanol–water partition coefficient (Wildman–Crippen LogP) is 4.50. The number of ketones is 1. The number of hydroxylamine groups is 1. The molecule has 0 spiro atoms. The van der Waals surface area contributed by atoms with Crippen molar-refractivity contribution in [1.82, 2.24) is 5.48 Å². The van der Waals surface area contributed by atoms with Crippen LogP contribution < -0.4 is 5.48 Å². The van der Waals surface area contributed by atoms with E-state index in [0.717, 1.165) is 32.1 Å². The first-order chi connectivity index (χ1) is 13.8.